The maximum absolute atomic E-state index is 4.77. The van der Waals surface area contributed by atoms with Gasteiger partial charge in [0.25, 0.3) is 0 Å². The molecule has 0 radical (unpaired) electrons. The van der Waals surface area contributed by atoms with Gasteiger partial charge in [0.2, 0.25) is 0 Å². The van der Waals surface area contributed by atoms with Crippen LogP contribution < -0.4 is 10.2 Å². The van der Waals surface area contributed by atoms with E-state index in [1.165, 1.54) is 15.7 Å². The van der Waals surface area contributed by atoms with Crippen LogP contribution in [0.2, 0.25) is 0 Å². The molecule has 0 bridgehead atoms. The third-order valence-electron chi connectivity index (χ3n) is 4.09. The lowest BCUT2D eigenvalue weighted by Gasteiger charge is -2.39. The zero-order valence-corrected chi connectivity index (χ0v) is 13.5. The number of hydrogen-bond donors (Lipinski definition) is 1. The summed E-state index contributed by atoms with van der Waals surface area (Å²) in [5.41, 5.74) is 1.17. The van der Waals surface area contributed by atoms with Crippen molar-refractivity contribution in [3.8, 4) is 0 Å². The van der Waals surface area contributed by atoms with Gasteiger partial charge in [-0.15, -0.1) is 11.3 Å². The zero-order chi connectivity index (χ0) is 14.0. The van der Waals surface area contributed by atoms with Crippen molar-refractivity contribution >= 4 is 16.5 Å². The normalized spacial score (nSPS) is 22.8. The maximum atomic E-state index is 4.77. The Morgan fingerprint density at radius 1 is 1.47 bits per heavy atom. The summed E-state index contributed by atoms with van der Waals surface area (Å²) in [5, 5.41) is 4.50. The van der Waals surface area contributed by atoms with Crippen molar-refractivity contribution in [1.82, 2.24) is 15.2 Å². The molecule has 0 amide bonds. The molecule has 108 valence electrons. The second-order valence-corrected chi connectivity index (χ2v) is 6.39. The first-order valence-corrected chi connectivity index (χ1v) is 8.02. The van der Waals surface area contributed by atoms with Crippen LogP contribution in [0.15, 0.2) is 0 Å². The van der Waals surface area contributed by atoms with E-state index in [-0.39, 0.29) is 0 Å². The fourth-order valence-corrected chi connectivity index (χ4v) is 3.86. The molecule has 2 heterocycles. The molecule has 1 aromatic rings. The second-order valence-electron chi connectivity index (χ2n) is 5.38. The van der Waals surface area contributed by atoms with Gasteiger partial charge in [-0.3, -0.25) is 4.90 Å². The smallest absolute Gasteiger partial charge is 0.185 e. The maximum Gasteiger partial charge on any atom is 0.185 e. The lowest BCUT2D eigenvalue weighted by Crippen LogP contribution is -2.51. The Hall–Kier alpha value is -0.650. The molecule has 1 N–H and O–H groups in total. The van der Waals surface area contributed by atoms with Gasteiger partial charge in [0.15, 0.2) is 5.13 Å². The van der Waals surface area contributed by atoms with Gasteiger partial charge in [-0.05, 0) is 34.4 Å². The topological polar surface area (TPSA) is 31.4 Å². The van der Waals surface area contributed by atoms with Crippen LogP contribution in [-0.4, -0.2) is 49.2 Å². The fraction of sp³-hybridized carbons (Fsp3) is 0.786. The lowest BCUT2D eigenvalue weighted by atomic mass is 10.2. The highest BCUT2D eigenvalue weighted by Crippen LogP contribution is 2.31. The van der Waals surface area contributed by atoms with Crippen molar-refractivity contribution in [2.75, 3.05) is 38.1 Å². The van der Waals surface area contributed by atoms with Crippen LogP contribution >= 0.6 is 11.3 Å². The van der Waals surface area contributed by atoms with Crippen molar-refractivity contribution < 1.29 is 0 Å². The molecular formula is C14H26N4S. The Morgan fingerprint density at radius 2 is 2.21 bits per heavy atom. The number of hydrogen-bond acceptors (Lipinski definition) is 5. The molecule has 4 nitrogen and oxygen atoms in total. The molecule has 2 atom stereocenters. The minimum atomic E-state index is 0.389. The fourth-order valence-electron chi connectivity index (χ4n) is 2.70. The molecule has 0 spiro atoms. The second kappa shape index (κ2) is 6.20. The predicted octanol–water partition coefficient (Wildman–Crippen LogP) is 2.26. The molecular weight excluding hydrogens is 256 g/mol. The SMILES string of the molecule is CCN1CCN(c2nc(C)c(C(C)NC)s2)CC1C. The number of nitrogens with one attached hydrogen (secondary N) is 1. The van der Waals surface area contributed by atoms with Gasteiger partial charge in [0.05, 0.1) is 5.69 Å². The minimum Gasteiger partial charge on any atom is -0.345 e. The third kappa shape index (κ3) is 3.09. The summed E-state index contributed by atoms with van der Waals surface area (Å²) >= 11 is 1.84. The van der Waals surface area contributed by atoms with Crippen LogP contribution in [0.4, 0.5) is 5.13 Å². The van der Waals surface area contributed by atoms with Crippen molar-refractivity contribution in [2.24, 2.45) is 0 Å². The van der Waals surface area contributed by atoms with E-state index in [0.717, 1.165) is 26.2 Å². The quantitative estimate of drug-likeness (QED) is 0.918. The molecule has 1 aromatic heterocycles. The highest BCUT2D eigenvalue weighted by atomic mass is 32.1. The van der Waals surface area contributed by atoms with Crippen molar-refractivity contribution in [3.05, 3.63) is 10.6 Å². The molecule has 1 saturated heterocycles. The highest BCUT2D eigenvalue weighted by Gasteiger charge is 2.25. The van der Waals surface area contributed by atoms with E-state index in [0.29, 0.717) is 12.1 Å². The number of nitrogens with zero attached hydrogens (tertiary/aromatic N) is 3. The number of anilines is 1. The Bertz CT molecular complexity index is 418. The van der Waals surface area contributed by atoms with Gasteiger partial charge < -0.3 is 10.2 Å². The number of aromatic nitrogens is 1. The summed E-state index contributed by atoms with van der Waals surface area (Å²) in [5.74, 6) is 0. The number of aryl methyl sites for hydroxylation is 1. The van der Waals surface area contributed by atoms with E-state index < -0.39 is 0 Å². The molecule has 5 heteroatoms. The molecule has 0 aromatic carbocycles. The number of likely N-dealkylation sites (N-methyl/N-ethyl adjacent to an activating group) is 1. The molecule has 1 aliphatic rings. The molecule has 0 aliphatic carbocycles. The van der Waals surface area contributed by atoms with Crippen LogP contribution in [0.1, 0.15) is 37.4 Å². The molecule has 2 unspecified atom stereocenters. The summed E-state index contributed by atoms with van der Waals surface area (Å²) in [6.07, 6.45) is 0. The van der Waals surface area contributed by atoms with Crippen molar-refractivity contribution in [2.45, 2.75) is 39.8 Å². The van der Waals surface area contributed by atoms with E-state index in [4.69, 9.17) is 4.98 Å². The monoisotopic (exact) mass is 282 g/mol. The Balaban J connectivity index is 2.11. The van der Waals surface area contributed by atoms with E-state index in [1.807, 2.05) is 18.4 Å². The lowest BCUT2D eigenvalue weighted by molar-refractivity contribution is 0.199. The molecule has 1 aliphatic heterocycles. The predicted molar refractivity (Wildman–Crippen MR) is 83.2 cm³/mol. The first-order valence-electron chi connectivity index (χ1n) is 7.20. The van der Waals surface area contributed by atoms with Crippen LogP contribution in [0.5, 0.6) is 0 Å². The van der Waals surface area contributed by atoms with E-state index in [2.05, 4.69) is 42.8 Å². The van der Waals surface area contributed by atoms with Crippen LogP contribution in [0.25, 0.3) is 0 Å². The van der Waals surface area contributed by atoms with Gasteiger partial charge in [0.1, 0.15) is 0 Å². The van der Waals surface area contributed by atoms with Gasteiger partial charge in [-0.25, -0.2) is 4.98 Å². The molecule has 2 rings (SSSR count). The average molecular weight is 282 g/mol. The first-order chi connectivity index (χ1) is 9.06. The summed E-state index contributed by atoms with van der Waals surface area (Å²) in [6, 6.07) is 1.01. The van der Waals surface area contributed by atoms with E-state index in [1.54, 1.807) is 0 Å². The number of thiazole rings is 1. The van der Waals surface area contributed by atoms with Gasteiger partial charge >= 0.3 is 0 Å². The highest BCUT2D eigenvalue weighted by molar-refractivity contribution is 7.15. The van der Waals surface area contributed by atoms with Crippen LogP contribution in [0.3, 0.4) is 0 Å². The summed E-state index contributed by atoms with van der Waals surface area (Å²) in [6.45, 7) is 13.4. The summed E-state index contributed by atoms with van der Waals surface area (Å²) in [4.78, 5) is 11.1. The Kier molecular flexibility index (Phi) is 4.81. The number of rotatable bonds is 4. The van der Waals surface area contributed by atoms with Gasteiger partial charge in [-0.2, -0.15) is 0 Å². The van der Waals surface area contributed by atoms with Crippen LogP contribution in [-0.2, 0) is 0 Å². The summed E-state index contributed by atoms with van der Waals surface area (Å²) in [7, 11) is 2.01. The summed E-state index contributed by atoms with van der Waals surface area (Å²) < 4.78 is 0. The zero-order valence-electron chi connectivity index (χ0n) is 12.7. The standard InChI is InChI=1S/C14H26N4S/c1-6-17-7-8-18(9-10(17)2)14-16-12(4)13(19-14)11(3)15-5/h10-11,15H,6-9H2,1-5H3. The van der Waals surface area contributed by atoms with Gasteiger partial charge in [-0.1, -0.05) is 6.92 Å². The third-order valence-corrected chi connectivity index (χ3v) is 5.49. The minimum absolute atomic E-state index is 0.389. The Morgan fingerprint density at radius 3 is 2.79 bits per heavy atom. The van der Waals surface area contributed by atoms with Crippen LogP contribution in [0, 0.1) is 6.92 Å². The largest absolute Gasteiger partial charge is 0.345 e. The van der Waals surface area contributed by atoms with E-state index in [9.17, 15) is 0 Å². The molecule has 1 fully saturated rings. The first kappa shape index (κ1) is 14.8. The molecule has 19 heavy (non-hydrogen) atoms. The number of piperazine rings is 1. The van der Waals surface area contributed by atoms with E-state index >= 15 is 0 Å². The average Bonchev–Trinajstić information content (AvgIpc) is 2.80. The Labute approximate surface area is 120 Å². The van der Waals surface area contributed by atoms with Crippen molar-refractivity contribution in [3.63, 3.8) is 0 Å². The van der Waals surface area contributed by atoms with Gasteiger partial charge in [0, 0.05) is 36.6 Å². The van der Waals surface area contributed by atoms with Crippen molar-refractivity contribution in [1.29, 1.82) is 0 Å². The molecule has 0 saturated carbocycles.